The van der Waals surface area contributed by atoms with Gasteiger partial charge in [0, 0.05) is 12.2 Å². The Hall–Kier alpha value is -2.54. The number of carbonyl (C=O) groups excluding carboxylic acids is 1. The van der Waals surface area contributed by atoms with Gasteiger partial charge in [-0.2, -0.15) is 0 Å². The lowest BCUT2D eigenvalue weighted by atomic mass is 10.2. The summed E-state index contributed by atoms with van der Waals surface area (Å²) >= 11 is 1.39. The molecule has 6 nitrogen and oxygen atoms in total. The Morgan fingerprint density at radius 2 is 2.04 bits per heavy atom. The number of aromatic nitrogens is 3. The maximum atomic E-state index is 12.2. The molecule has 2 heterocycles. The maximum Gasteiger partial charge on any atom is 0.233 e. The fourth-order valence-corrected chi connectivity index (χ4v) is 3.44. The summed E-state index contributed by atoms with van der Waals surface area (Å²) < 4.78 is 7.40. The number of aryl methyl sites for hydroxylation is 1. The molecule has 1 unspecified atom stereocenters. The van der Waals surface area contributed by atoms with Crippen molar-refractivity contribution in [3.8, 4) is 17.1 Å². The average Bonchev–Trinajstić information content (AvgIpc) is 3.26. The third kappa shape index (κ3) is 3.83. The number of benzene rings is 1. The lowest BCUT2D eigenvalue weighted by Crippen LogP contribution is -2.31. The highest BCUT2D eigenvalue weighted by Crippen LogP contribution is 2.31. The zero-order chi connectivity index (χ0) is 18.5. The van der Waals surface area contributed by atoms with E-state index in [-0.39, 0.29) is 11.2 Å². The van der Waals surface area contributed by atoms with Gasteiger partial charge in [0.2, 0.25) is 5.91 Å². The predicted molar refractivity (Wildman–Crippen MR) is 102 cm³/mol. The van der Waals surface area contributed by atoms with E-state index in [1.807, 2.05) is 61.7 Å². The molecule has 0 aliphatic heterocycles. The summed E-state index contributed by atoms with van der Waals surface area (Å²) in [6, 6.07) is 11.8. The Labute approximate surface area is 157 Å². The molecule has 0 aliphatic rings. The van der Waals surface area contributed by atoms with E-state index in [9.17, 15) is 4.79 Å². The SMILES string of the molecule is CCCNC(=O)C(C)Sc1nnc(-c2ccoc2C)n1-c1ccccc1. The van der Waals surface area contributed by atoms with Crippen molar-refractivity contribution in [3.63, 3.8) is 0 Å². The lowest BCUT2D eigenvalue weighted by Gasteiger charge is -2.13. The molecule has 0 saturated heterocycles. The van der Waals surface area contributed by atoms with Crippen LogP contribution in [0.3, 0.4) is 0 Å². The first-order chi connectivity index (χ1) is 12.6. The van der Waals surface area contributed by atoms with E-state index < -0.39 is 0 Å². The molecule has 26 heavy (non-hydrogen) atoms. The smallest absolute Gasteiger partial charge is 0.233 e. The van der Waals surface area contributed by atoms with E-state index in [1.165, 1.54) is 11.8 Å². The van der Waals surface area contributed by atoms with Gasteiger partial charge in [0.1, 0.15) is 5.76 Å². The molecular formula is C19H22N4O2S. The van der Waals surface area contributed by atoms with Crippen LogP contribution in [0.25, 0.3) is 17.1 Å². The number of furan rings is 1. The van der Waals surface area contributed by atoms with Crippen molar-refractivity contribution in [2.24, 2.45) is 0 Å². The van der Waals surface area contributed by atoms with Gasteiger partial charge in [-0.15, -0.1) is 10.2 Å². The molecule has 0 spiro atoms. The number of thioether (sulfide) groups is 1. The van der Waals surface area contributed by atoms with Crippen LogP contribution in [0.1, 0.15) is 26.0 Å². The van der Waals surface area contributed by atoms with Gasteiger partial charge in [0.05, 0.1) is 17.1 Å². The van der Waals surface area contributed by atoms with Gasteiger partial charge < -0.3 is 9.73 Å². The molecule has 0 radical (unpaired) electrons. The number of carbonyl (C=O) groups is 1. The highest BCUT2D eigenvalue weighted by molar-refractivity contribution is 8.00. The van der Waals surface area contributed by atoms with E-state index in [2.05, 4.69) is 15.5 Å². The molecule has 3 aromatic rings. The Morgan fingerprint density at radius 1 is 1.27 bits per heavy atom. The van der Waals surface area contributed by atoms with Crippen molar-refractivity contribution >= 4 is 17.7 Å². The predicted octanol–water partition coefficient (Wildman–Crippen LogP) is 3.84. The van der Waals surface area contributed by atoms with Gasteiger partial charge in [-0.3, -0.25) is 9.36 Å². The number of para-hydroxylation sites is 1. The van der Waals surface area contributed by atoms with Crippen molar-refractivity contribution in [1.29, 1.82) is 0 Å². The van der Waals surface area contributed by atoms with E-state index >= 15 is 0 Å². The largest absolute Gasteiger partial charge is 0.469 e. The third-order valence-corrected chi connectivity index (χ3v) is 4.99. The Kier molecular flexibility index (Phi) is 5.78. The van der Waals surface area contributed by atoms with Gasteiger partial charge in [-0.05, 0) is 38.5 Å². The van der Waals surface area contributed by atoms with Crippen LogP contribution < -0.4 is 5.32 Å². The number of nitrogens with zero attached hydrogens (tertiary/aromatic N) is 3. The molecular weight excluding hydrogens is 348 g/mol. The van der Waals surface area contributed by atoms with Crippen LogP contribution in [-0.4, -0.2) is 32.5 Å². The van der Waals surface area contributed by atoms with Gasteiger partial charge in [0.25, 0.3) is 0 Å². The molecule has 0 bridgehead atoms. The lowest BCUT2D eigenvalue weighted by molar-refractivity contribution is -0.120. The average molecular weight is 370 g/mol. The minimum absolute atomic E-state index is 0.000466. The van der Waals surface area contributed by atoms with Crippen LogP contribution in [0.5, 0.6) is 0 Å². The van der Waals surface area contributed by atoms with Crippen LogP contribution in [0.4, 0.5) is 0 Å². The zero-order valence-corrected chi connectivity index (χ0v) is 15.9. The molecule has 1 atom stereocenters. The molecule has 0 aliphatic carbocycles. The second-order valence-corrected chi connectivity index (χ2v) is 7.23. The number of amides is 1. The number of nitrogens with one attached hydrogen (secondary N) is 1. The third-order valence-electron chi connectivity index (χ3n) is 3.95. The molecule has 3 rings (SSSR count). The Balaban J connectivity index is 1.97. The summed E-state index contributed by atoms with van der Waals surface area (Å²) in [5, 5.41) is 12.0. The summed E-state index contributed by atoms with van der Waals surface area (Å²) in [4.78, 5) is 12.2. The molecule has 136 valence electrons. The van der Waals surface area contributed by atoms with Gasteiger partial charge in [0.15, 0.2) is 11.0 Å². The topological polar surface area (TPSA) is 73.0 Å². The standard InChI is InChI=1S/C19H22N4O2S/c1-4-11-20-18(24)14(3)26-19-22-21-17(16-10-12-25-13(16)2)23(19)15-8-6-5-7-9-15/h5-10,12,14H,4,11H2,1-3H3,(H,20,24). The second kappa shape index (κ2) is 8.23. The summed E-state index contributed by atoms with van der Waals surface area (Å²) in [5.74, 6) is 1.48. The van der Waals surface area contributed by atoms with Crippen molar-refractivity contribution in [2.45, 2.75) is 37.6 Å². The van der Waals surface area contributed by atoms with E-state index in [0.29, 0.717) is 17.5 Å². The van der Waals surface area contributed by atoms with Crippen LogP contribution in [0, 0.1) is 6.92 Å². The van der Waals surface area contributed by atoms with E-state index in [0.717, 1.165) is 23.4 Å². The van der Waals surface area contributed by atoms with Crippen molar-refractivity contribution in [3.05, 3.63) is 48.4 Å². The van der Waals surface area contributed by atoms with Crippen molar-refractivity contribution < 1.29 is 9.21 Å². The highest BCUT2D eigenvalue weighted by atomic mass is 32.2. The van der Waals surface area contributed by atoms with E-state index in [1.54, 1.807) is 6.26 Å². The highest BCUT2D eigenvalue weighted by Gasteiger charge is 2.22. The molecule has 0 fully saturated rings. The molecule has 2 aromatic heterocycles. The zero-order valence-electron chi connectivity index (χ0n) is 15.1. The van der Waals surface area contributed by atoms with Crippen LogP contribution in [0.2, 0.25) is 0 Å². The number of hydrogen-bond donors (Lipinski definition) is 1. The van der Waals surface area contributed by atoms with Crippen LogP contribution in [0.15, 0.2) is 52.2 Å². The van der Waals surface area contributed by atoms with Crippen molar-refractivity contribution in [1.82, 2.24) is 20.1 Å². The van der Waals surface area contributed by atoms with E-state index in [4.69, 9.17) is 4.42 Å². The Bertz CT molecular complexity index is 873. The second-order valence-electron chi connectivity index (χ2n) is 5.92. The van der Waals surface area contributed by atoms with Crippen LogP contribution in [-0.2, 0) is 4.79 Å². The first kappa shape index (κ1) is 18.3. The van der Waals surface area contributed by atoms with Gasteiger partial charge >= 0.3 is 0 Å². The van der Waals surface area contributed by atoms with Gasteiger partial charge in [-0.25, -0.2) is 0 Å². The van der Waals surface area contributed by atoms with Crippen molar-refractivity contribution in [2.75, 3.05) is 6.54 Å². The minimum atomic E-state index is -0.272. The van der Waals surface area contributed by atoms with Crippen LogP contribution >= 0.6 is 11.8 Å². The molecule has 7 heteroatoms. The Morgan fingerprint density at radius 3 is 2.69 bits per heavy atom. The fraction of sp³-hybridized carbons (Fsp3) is 0.316. The minimum Gasteiger partial charge on any atom is -0.469 e. The molecule has 1 N–H and O–H groups in total. The number of rotatable bonds is 7. The maximum absolute atomic E-state index is 12.2. The molecule has 1 aromatic carbocycles. The monoisotopic (exact) mass is 370 g/mol. The summed E-state index contributed by atoms with van der Waals surface area (Å²) in [7, 11) is 0. The first-order valence-corrected chi connectivity index (χ1v) is 9.49. The summed E-state index contributed by atoms with van der Waals surface area (Å²) in [6.07, 6.45) is 2.55. The summed E-state index contributed by atoms with van der Waals surface area (Å²) in [6.45, 7) is 6.48. The van der Waals surface area contributed by atoms with Gasteiger partial charge in [-0.1, -0.05) is 36.9 Å². The fourth-order valence-electron chi connectivity index (χ4n) is 2.55. The first-order valence-electron chi connectivity index (χ1n) is 8.61. The normalized spacial score (nSPS) is 12.1. The number of hydrogen-bond acceptors (Lipinski definition) is 5. The molecule has 0 saturated carbocycles. The summed E-state index contributed by atoms with van der Waals surface area (Å²) in [5.41, 5.74) is 1.83. The molecule has 1 amide bonds. The quantitative estimate of drug-likeness (QED) is 0.640.